The van der Waals surface area contributed by atoms with E-state index in [9.17, 15) is 9.59 Å². The standard InChI is InChI=1S/C28H27N3O3S2/c1-6-34-27(33)24-18(4)29-28-31(25(24)22-8-7-13-35-22)26(32)23(36-28)15-20-14-17(3)30(19(20)5)21-11-9-16(2)10-12-21/h7-15,25H,6H2,1-5H3/b23-15-/t25-/m1/s1. The van der Waals surface area contributed by atoms with Gasteiger partial charge in [-0.3, -0.25) is 9.36 Å². The van der Waals surface area contributed by atoms with Crippen LogP contribution in [0, 0.1) is 20.8 Å². The lowest BCUT2D eigenvalue weighted by Crippen LogP contribution is -2.39. The summed E-state index contributed by atoms with van der Waals surface area (Å²) in [6, 6.07) is 13.8. The van der Waals surface area contributed by atoms with Gasteiger partial charge in [-0.05, 0) is 75.9 Å². The van der Waals surface area contributed by atoms with Crippen molar-refractivity contribution >= 4 is 34.7 Å². The Morgan fingerprint density at radius 3 is 2.56 bits per heavy atom. The molecule has 0 radical (unpaired) electrons. The highest BCUT2D eigenvalue weighted by Crippen LogP contribution is 2.33. The fourth-order valence-electron chi connectivity index (χ4n) is 4.67. The Morgan fingerprint density at radius 1 is 1.14 bits per heavy atom. The Kier molecular flexibility index (Phi) is 6.40. The maximum atomic E-state index is 13.8. The number of carbonyl (C=O) groups is 1. The number of hydrogen-bond donors (Lipinski definition) is 0. The fraction of sp³-hybridized carbons (Fsp3) is 0.250. The van der Waals surface area contributed by atoms with Crippen molar-refractivity contribution in [3.8, 4) is 5.69 Å². The van der Waals surface area contributed by atoms with Crippen LogP contribution in [0.25, 0.3) is 11.8 Å². The van der Waals surface area contributed by atoms with Crippen LogP contribution < -0.4 is 14.9 Å². The summed E-state index contributed by atoms with van der Waals surface area (Å²) < 4.78 is 9.76. The largest absolute Gasteiger partial charge is 0.463 e. The molecule has 0 aliphatic carbocycles. The van der Waals surface area contributed by atoms with E-state index in [2.05, 4.69) is 60.7 Å². The summed E-state index contributed by atoms with van der Waals surface area (Å²) in [5.74, 6) is -0.437. The molecule has 6 nitrogen and oxygen atoms in total. The molecule has 184 valence electrons. The number of rotatable bonds is 5. The van der Waals surface area contributed by atoms with Gasteiger partial charge in [0.2, 0.25) is 0 Å². The zero-order valence-corrected chi connectivity index (χ0v) is 22.5. The number of thiazole rings is 1. The van der Waals surface area contributed by atoms with Crippen molar-refractivity contribution in [2.24, 2.45) is 4.99 Å². The Labute approximate surface area is 217 Å². The number of aromatic nitrogens is 2. The zero-order valence-electron chi connectivity index (χ0n) is 20.9. The first-order valence-electron chi connectivity index (χ1n) is 11.8. The summed E-state index contributed by atoms with van der Waals surface area (Å²) in [6.07, 6.45) is 1.94. The van der Waals surface area contributed by atoms with Crippen molar-refractivity contribution in [3.05, 3.63) is 106 Å². The number of benzene rings is 1. The summed E-state index contributed by atoms with van der Waals surface area (Å²) >= 11 is 2.86. The molecular formula is C28H27N3O3S2. The number of carbonyl (C=O) groups excluding carboxylic acids is 1. The normalized spacial score (nSPS) is 15.7. The third-order valence-electron chi connectivity index (χ3n) is 6.38. The van der Waals surface area contributed by atoms with E-state index in [4.69, 9.17) is 4.74 Å². The van der Waals surface area contributed by atoms with Gasteiger partial charge in [-0.1, -0.05) is 35.1 Å². The SMILES string of the molecule is CCOC(=O)C1=C(C)N=c2s/c(=C\c3cc(C)n(-c4ccc(C)cc4)c3C)c(=O)n2[C@@H]1c1cccs1. The first-order chi connectivity index (χ1) is 17.3. The Bertz CT molecular complexity index is 1670. The molecule has 3 aromatic heterocycles. The van der Waals surface area contributed by atoms with Crippen LogP contribution in [0.1, 0.15) is 47.3 Å². The van der Waals surface area contributed by atoms with Crippen LogP contribution >= 0.6 is 22.7 Å². The van der Waals surface area contributed by atoms with E-state index in [1.165, 1.54) is 28.2 Å². The third-order valence-corrected chi connectivity index (χ3v) is 8.29. The summed E-state index contributed by atoms with van der Waals surface area (Å²) in [5.41, 5.74) is 6.25. The molecule has 0 saturated heterocycles. The van der Waals surface area contributed by atoms with Gasteiger partial charge in [0, 0.05) is 22.0 Å². The molecule has 0 amide bonds. The smallest absolute Gasteiger partial charge is 0.338 e. The lowest BCUT2D eigenvalue weighted by atomic mass is 10.0. The second-order valence-electron chi connectivity index (χ2n) is 8.82. The first kappa shape index (κ1) is 24.2. The molecule has 4 heterocycles. The summed E-state index contributed by atoms with van der Waals surface area (Å²) in [4.78, 5) is 32.8. The summed E-state index contributed by atoms with van der Waals surface area (Å²) in [6.45, 7) is 10.0. The van der Waals surface area contributed by atoms with E-state index < -0.39 is 12.0 Å². The highest BCUT2D eigenvalue weighted by Gasteiger charge is 2.33. The fourth-order valence-corrected chi connectivity index (χ4v) is 6.53. The average molecular weight is 518 g/mol. The van der Waals surface area contributed by atoms with Crippen LogP contribution in [0.15, 0.2) is 68.9 Å². The van der Waals surface area contributed by atoms with Crippen LogP contribution in [-0.2, 0) is 9.53 Å². The quantitative estimate of drug-likeness (QED) is 0.364. The van der Waals surface area contributed by atoms with E-state index in [0.717, 1.165) is 27.5 Å². The van der Waals surface area contributed by atoms with Crippen molar-refractivity contribution in [3.63, 3.8) is 0 Å². The van der Waals surface area contributed by atoms with Gasteiger partial charge < -0.3 is 9.30 Å². The van der Waals surface area contributed by atoms with E-state index in [0.29, 0.717) is 20.6 Å². The molecule has 0 fully saturated rings. The predicted octanol–water partition coefficient (Wildman–Crippen LogP) is 4.58. The Hall–Kier alpha value is -3.49. The van der Waals surface area contributed by atoms with Gasteiger partial charge in [-0.15, -0.1) is 11.3 Å². The van der Waals surface area contributed by atoms with Crippen molar-refractivity contribution in [1.82, 2.24) is 9.13 Å². The molecule has 0 unspecified atom stereocenters. The molecule has 1 aromatic carbocycles. The molecular weight excluding hydrogens is 490 g/mol. The molecule has 0 N–H and O–H groups in total. The molecule has 0 saturated carbocycles. The summed E-state index contributed by atoms with van der Waals surface area (Å²) in [7, 11) is 0. The lowest BCUT2D eigenvalue weighted by molar-refractivity contribution is -0.139. The zero-order chi connectivity index (χ0) is 25.6. The third kappa shape index (κ3) is 4.10. The molecule has 5 rings (SSSR count). The first-order valence-corrected chi connectivity index (χ1v) is 13.5. The van der Waals surface area contributed by atoms with Crippen LogP contribution in [0.4, 0.5) is 0 Å². The number of nitrogens with zero attached hydrogens (tertiary/aromatic N) is 3. The Balaban J connectivity index is 1.67. The number of thiophene rings is 1. The molecule has 1 aliphatic heterocycles. The van der Waals surface area contributed by atoms with Crippen LogP contribution in [0.2, 0.25) is 0 Å². The average Bonchev–Trinajstić information content (AvgIpc) is 3.54. The van der Waals surface area contributed by atoms with Crippen LogP contribution in [0.3, 0.4) is 0 Å². The van der Waals surface area contributed by atoms with Crippen LogP contribution in [-0.4, -0.2) is 21.7 Å². The minimum Gasteiger partial charge on any atom is -0.463 e. The predicted molar refractivity (Wildman–Crippen MR) is 145 cm³/mol. The minimum absolute atomic E-state index is 0.161. The maximum Gasteiger partial charge on any atom is 0.338 e. The maximum absolute atomic E-state index is 13.8. The second-order valence-corrected chi connectivity index (χ2v) is 10.8. The van der Waals surface area contributed by atoms with E-state index in [-0.39, 0.29) is 12.2 Å². The lowest BCUT2D eigenvalue weighted by Gasteiger charge is -2.23. The highest BCUT2D eigenvalue weighted by atomic mass is 32.1. The topological polar surface area (TPSA) is 65.6 Å². The molecule has 8 heteroatoms. The molecule has 1 aliphatic rings. The molecule has 1 atom stereocenters. The second kappa shape index (κ2) is 9.52. The highest BCUT2D eigenvalue weighted by molar-refractivity contribution is 7.10. The van der Waals surface area contributed by atoms with Gasteiger partial charge in [0.1, 0.15) is 6.04 Å². The van der Waals surface area contributed by atoms with Crippen LogP contribution in [0.5, 0.6) is 0 Å². The van der Waals surface area contributed by atoms with Gasteiger partial charge in [0.25, 0.3) is 5.56 Å². The van der Waals surface area contributed by atoms with Crippen molar-refractivity contribution < 1.29 is 9.53 Å². The number of ether oxygens (including phenoxy) is 1. The molecule has 0 spiro atoms. The van der Waals surface area contributed by atoms with E-state index in [1.54, 1.807) is 18.4 Å². The Morgan fingerprint density at radius 2 is 1.89 bits per heavy atom. The van der Waals surface area contributed by atoms with Crippen molar-refractivity contribution in [2.45, 2.75) is 40.7 Å². The number of hydrogen-bond acceptors (Lipinski definition) is 6. The number of esters is 1. The van der Waals surface area contributed by atoms with E-state index in [1.807, 2.05) is 23.6 Å². The minimum atomic E-state index is -0.553. The molecule has 36 heavy (non-hydrogen) atoms. The monoisotopic (exact) mass is 517 g/mol. The van der Waals surface area contributed by atoms with Crippen molar-refractivity contribution in [1.29, 1.82) is 0 Å². The summed E-state index contributed by atoms with van der Waals surface area (Å²) in [5, 5.41) is 1.95. The van der Waals surface area contributed by atoms with Crippen molar-refractivity contribution in [2.75, 3.05) is 6.61 Å². The van der Waals surface area contributed by atoms with Gasteiger partial charge in [0.15, 0.2) is 4.80 Å². The number of allylic oxidation sites excluding steroid dienone is 1. The number of aryl methyl sites for hydroxylation is 2. The van der Waals surface area contributed by atoms with Gasteiger partial charge in [-0.25, -0.2) is 9.79 Å². The van der Waals surface area contributed by atoms with Gasteiger partial charge in [-0.2, -0.15) is 0 Å². The molecule has 4 aromatic rings. The van der Waals surface area contributed by atoms with E-state index >= 15 is 0 Å². The molecule has 0 bridgehead atoms. The van der Waals surface area contributed by atoms with Gasteiger partial charge in [0.05, 0.1) is 22.4 Å². The number of fused-ring (bicyclic) bond motifs is 1. The van der Waals surface area contributed by atoms with Gasteiger partial charge >= 0.3 is 5.97 Å².